The summed E-state index contributed by atoms with van der Waals surface area (Å²) >= 11 is 0. The lowest BCUT2D eigenvalue weighted by atomic mass is 9.88. The molecular formula is C19H24N2O6. The molecule has 27 heavy (non-hydrogen) atoms. The third kappa shape index (κ3) is 3.81. The van der Waals surface area contributed by atoms with Crippen LogP contribution in [-0.4, -0.2) is 67.6 Å². The summed E-state index contributed by atoms with van der Waals surface area (Å²) in [6, 6.07) is 8.91. The lowest BCUT2D eigenvalue weighted by Crippen LogP contribution is -2.59. The third-order valence-corrected chi connectivity index (χ3v) is 4.94. The highest BCUT2D eigenvalue weighted by Gasteiger charge is 2.46. The SMILES string of the molecule is Cc1cc(-c2ccnc(N)c2)ccc1C(O)[C@H]1OC(CO)C(O)C(O)C1O. The molecular weight excluding hydrogens is 352 g/mol. The van der Waals surface area contributed by atoms with Crippen molar-refractivity contribution >= 4 is 5.82 Å². The Morgan fingerprint density at radius 3 is 2.41 bits per heavy atom. The molecule has 1 fully saturated rings. The van der Waals surface area contributed by atoms with E-state index < -0.39 is 43.2 Å². The van der Waals surface area contributed by atoms with Gasteiger partial charge in [0.05, 0.1) is 6.61 Å². The quantitative estimate of drug-likeness (QED) is 0.419. The van der Waals surface area contributed by atoms with Crippen molar-refractivity contribution in [1.82, 2.24) is 4.98 Å². The van der Waals surface area contributed by atoms with Gasteiger partial charge >= 0.3 is 0 Å². The number of anilines is 1. The van der Waals surface area contributed by atoms with E-state index in [0.717, 1.165) is 16.7 Å². The number of aliphatic hydroxyl groups excluding tert-OH is 5. The molecule has 0 aliphatic carbocycles. The number of nitrogens with zero attached hydrogens (tertiary/aromatic N) is 1. The summed E-state index contributed by atoms with van der Waals surface area (Å²) in [4.78, 5) is 3.96. The summed E-state index contributed by atoms with van der Waals surface area (Å²) in [6.07, 6.45) is -6.41. The number of hydrogen-bond donors (Lipinski definition) is 6. The topological polar surface area (TPSA) is 149 Å². The maximum Gasteiger partial charge on any atom is 0.123 e. The second-order valence-corrected chi connectivity index (χ2v) is 6.78. The Labute approximate surface area is 156 Å². The summed E-state index contributed by atoms with van der Waals surface area (Å²) in [5, 5.41) is 50.0. The minimum Gasteiger partial charge on any atom is -0.394 e. The van der Waals surface area contributed by atoms with Gasteiger partial charge in [0, 0.05) is 6.20 Å². The molecule has 2 heterocycles. The Kier molecular flexibility index (Phi) is 5.75. The van der Waals surface area contributed by atoms with Gasteiger partial charge in [0.2, 0.25) is 0 Å². The molecule has 6 atom stereocenters. The van der Waals surface area contributed by atoms with Crippen LogP contribution in [0.4, 0.5) is 5.82 Å². The van der Waals surface area contributed by atoms with Crippen LogP contribution in [0.5, 0.6) is 0 Å². The fraction of sp³-hybridized carbons (Fsp3) is 0.421. The van der Waals surface area contributed by atoms with Crippen LogP contribution in [0.1, 0.15) is 17.2 Å². The molecule has 2 aromatic rings. The summed E-state index contributed by atoms with van der Waals surface area (Å²) in [5.74, 6) is 0.399. The van der Waals surface area contributed by atoms with Gasteiger partial charge in [-0.25, -0.2) is 4.98 Å². The highest BCUT2D eigenvalue weighted by molar-refractivity contribution is 5.67. The van der Waals surface area contributed by atoms with Crippen molar-refractivity contribution in [3.05, 3.63) is 47.7 Å². The van der Waals surface area contributed by atoms with Crippen LogP contribution in [0, 0.1) is 6.92 Å². The molecule has 0 radical (unpaired) electrons. The Bertz CT molecular complexity index is 800. The summed E-state index contributed by atoms with van der Waals surface area (Å²) < 4.78 is 5.45. The van der Waals surface area contributed by atoms with Gasteiger partial charge in [-0.1, -0.05) is 18.2 Å². The molecule has 0 amide bonds. The maximum absolute atomic E-state index is 10.7. The van der Waals surface area contributed by atoms with Crippen LogP contribution < -0.4 is 5.73 Å². The predicted molar refractivity (Wildman–Crippen MR) is 97.5 cm³/mol. The molecule has 7 N–H and O–H groups in total. The first-order valence-corrected chi connectivity index (χ1v) is 8.64. The van der Waals surface area contributed by atoms with Gasteiger partial charge in [0.15, 0.2) is 0 Å². The first kappa shape index (κ1) is 19.7. The first-order chi connectivity index (χ1) is 12.8. The zero-order valence-corrected chi connectivity index (χ0v) is 14.8. The van der Waals surface area contributed by atoms with Crippen LogP contribution in [0.2, 0.25) is 0 Å². The molecule has 146 valence electrons. The van der Waals surface area contributed by atoms with E-state index >= 15 is 0 Å². The summed E-state index contributed by atoms with van der Waals surface area (Å²) in [6.45, 7) is 1.26. The second-order valence-electron chi connectivity index (χ2n) is 6.78. The number of nitrogen functional groups attached to an aromatic ring is 1. The number of aryl methyl sites for hydroxylation is 1. The molecule has 3 rings (SSSR count). The van der Waals surface area contributed by atoms with Gasteiger partial charge in [-0.3, -0.25) is 0 Å². The predicted octanol–water partition coefficient (Wildman–Crippen LogP) is -0.485. The number of aromatic nitrogens is 1. The van der Waals surface area contributed by atoms with Crippen molar-refractivity contribution in [2.75, 3.05) is 12.3 Å². The van der Waals surface area contributed by atoms with E-state index in [9.17, 15) is 25.5 Å². The largest absolute Gasteiger partial charge is 0.394 e. The number of nitrogens with two attached hydrogens (primary N) is 1. The number of hydrogen-bond acceptors (Lipinski definition) is 8. The number of aliphatic hydroxyl groups is 5. The fourth-order valence-electron chi connectivity index (χ4n) is 3.38. The van der Waals surface area contributed by atoms with E-state index in [0.29, 0.717) is 11.4 Å². The van der Waals surface area contributed by atoms with Crippen molar-refractivity contribution in [1.29, 1.82) is 0 Å². The molecule has 1 aliphatic rings. The standard InChI is InChI=1S/C19H24N2O6/c1-9-6-10(11-4-5-21-14(20)7-11)2-3-12(9)15(23)19-18(26)17(25)16(24)13(8-22)27-19/h2-7,13,15-19,22-26H,8H2,1H3,(H2,20,21)/t13?,15?,16?,17?,18?,19-/m1/s1. The number of ether oxygens (including phenoxy) is 1. The summed E-state index contributed by atoms with van der Waals surface area (Å²) in [5.41, 5.74) is 8.72. The van der Waals surface area contributed by atoms with Gasteiger partial charge in [-0.05, 0) is 41.3 Å². The number of benzene rings is 1. The Morgan fingerprint density at radius 1 is 1.07 bits per heavy atom. The van der Waals surface area contributed by atoms with Crippen molar-refractivity contribution < 1.29 is 30.3 Å². The second kappa shape index (κ2) is 7.89. The van der Waals surface area contributed by atoms with E-state index in [-0.39, 0.29) is 0 Å². The molecule has 5 unspecified atom stereocenters. The molecule has 1 saturated heterocycles. The van der Waals surface area contributed by atoms with Crippen molar-refractivity contribution in [2.24, 2.45) is 0 Å². The number of rotatable bonds is 4. The van der Waals surface area contributed by atoms with E-state index in [1.165, 1.54) is 0 Å². The Hall–Kier alpha value is -2.07. The van der Waals surface area contributed by atoms with Crippen molar-refractivity contribution in [2.45, 2.75) is 43.5 Å². The highest BCUT2D eigenvalue weighted by Crippen LogP contribution is 2.33. The van der Waals surface area contributed by atoms with Crippen LogP contribution in [0.25, 0.3) is 11.1 Å². The molecule has 0 bridgehead atoms. The lowest BCUT2D eigenvalue weighted by Gasteiger charge is -2.42. The van der Waals surface area contributed by atoms with Gasteiger partial charge in [-0.2, -0.15) is 0 Å². The fourth-order valence-corrected chi connectivity index (χ4v) is 3.38. The normalized spacial score (nSPS) is 29.5. The molecule has 0 spiro atoms. The average molecular weight is 376 g/mol. The zero-order valence-electron chi connectivity index (χ0n) is 14.8. The smallest absolute Gasteiger partial charge is 0.123 e. The van der Waals surface area contributed by atoms with Gasteiger partial charge in [0.1, 0.15) is 42.4 Å². The van der Waals surface area contributed by atoms with Crippen LogP contribution in [0.15, 0.2) is 36.5 Å². The van der Waals surface area contributed by atoms with Crippen molar-refractivity contribution in [3.8, 4) is 11.1 Å². The van der Waals surface area contributed by atoms with Crippen LogP contribution in [-0.2, 0) is 4.74 Å². The number of pyridine rings is 1. The Balaban J connectivity index is 1.87. The van der Waals surface area contributed by atoms with Gasteiger partial charge in [0.25, 0.3) is 0 Å². The highest BCUT2D eigenvalue weighted by atomic mass is 16.6. The van der Waals surface area contributed by atoms with E-state index in [4.69, 9.17) is 10.5 Å². The molecule has 1 aromatic heterocycles. The maximum atomic E-state index is 10.7. The monoisotopic (exact) mass is 376 g/mol. The first-order valence-electron chi connectivity index (χ1n) is 8.64. The van der Waals surface area contributed by atoms with Gasteiger partial charge < -0.3 is 36.0 Å². The molecule has 1 aliphatic heterocycles. The minimum atomic E-state index is -1.53. The zero-order chi connectivity index (χ0) is 19.7. The summed E-state index contributed by atoms with van der Waals surface area (Å²) in [7, 11) is 0. The third-order valence-electron chi connectivity index (χ3n) is 4.94. The van der Waals surface area contributed by atoms with E-state index in [2.05, 4.69) is 4.98 Å². The van der Waals surface area contributed by atoms with E-state index in [1.54, 1.807) is 31.3 Å². The molecule has 8 nitrogen and oxygen atoms in total. The van der Waals surface area contributed by atoms with Crippen molar-refractivity contribution in [3.63, 3.8) is 0 Å². The minimum absolute atomic E-state index is 0.399. The van der Waals surface area contributed by atoms with Crippen LogP contribution in [0.3, 0.4) is 0 Å². The average Bonchev–Trinajstić information content (AvgIpc) is 2.66. The van der Waals surface area contributed by atoms with Crippen LogP contribution >= 0.6 is 0 Å². The molecule has 8 heteroatoms. The molecule has 1 aromatic carbocycles. The lowest BCUT2D eigenvalue weighted by molar-refractivity contribution is -0.250. The Morgan fingerprint density at radius 2 is 1.78 bits per heavy atom. The van der Waals surface area contributed by atoms with E-state index in [1.807, 2.05) is 12.1 Å². The molecule has 0 saturated carbocycles. The van der Waals surface area contributed by atoms with Gasteiger partial charge in [-0.15, -0.1) is 0 Å².